The smallest absolute Gasteiger partial charge is 0.243 e. The van der Waals surface area contributed by atoms with E-state index in [1.165, 1.54) is 6.92 Å². The minimum Gasteiger partial charge on any atom is -0.379 e. The van der Waals surface area contributed by atoms with Gasteiger partial charge in [-0.1, -0.05) is 13.8 Å². The molecule has 0 bridgehead atoms. The number of ketones is 1. The topological polar surface area (TPSA) is 117 Å². The number of hydrogen-bond acceptors (Lipinski definition) is 6. The van der Waals surface area contributed by atoms with E-state index in [1.54, 1.807) is 13.8 Å². The normalized spacial score (nSPS) is 16.2. The zero-order chi connectivity index (χ0) is 18.8. The highest BCUT2D eigenvalue weighted by atomic mass is 16.5. The van der Waals surface area contributed by atoms with Crippen LogP contribution in [0.5, 0.6) is 0 Å². The third kappa shape index (κ3) is 8.59. The number of nitrogens with zero attached hydrogens (tertiary/aromatic N) is 1. The molecule has 9 heteroatoms. The van der Waals surface area contributed by atoms with Crippen molar-refractivity contribution in [2.24, 2.45) is 5.92 Å². The zero-order valence-electron chi connectivity index (χ0n) is 15.1. The Kier molecular flexibility index (Phi) is 9.07. The van der Waals surface area contributed by atoms with Crippen LogP contribution in [0.3, 0.4) is 0 Å². The van der Waals surface area contributed by atoms with Crippen LogP contribution in [0.1, 0.15) is 20.8 Å². The molecule has 1 aliphatic rings. The van der Waals surface area contributed by atoms with Crippen LogP contribution in [-0.4, -0.2) is 80.4 Å². The van der Waals surface area contributed by atoms with E-state index in [0.717, 1.165) is 0 Å². The number of rotatable bonds is 9. The number of morpholine rings is 1. The van der Waals surface area contributed by atoms with Crippen LogP contribution in [0.2, 0.25) is 0 Å². The van der Waals surface area contributed by atoms with Crippen molar-refractivity contribution in [1.29, 1.82) is 0 Å². The summed E-state index contributed by atoms with van der Waals surface area (Å²) in [5.41, 5.74) is 0. The molecular formula is C16H28N4O5. The van der Waals surface area contributed by atoms with Crippen molar-refractivity contribution in [2.75, 3.05) is 45.9 Å². The molecule has 1 rings (SSSR count). The molecule has 0 unspecified atom stereocenters. The number of Topliss-reactive ketones (excluding diaryl/α,β-unsaturated/α-hetero) is 1. The van der Waals surface area contributed by atoms with Crippen LogP contribution in [0, 0.1) is 5.92 Å². The minimum absolute atomic E-state index is 0.0752. The van der Waals surface area contributed by atoms with E-state index >= 15 is 0 Å². The average Bonchev–Trinajstić information content (AvgIpc) is 2.56. The van der Waals surface area contributed by atoms with Gasteiger partial charge in [-0.15, -0.1) is 0 Å². The van der Waals surface area contributed by atoms with Crippen molar-refractivity contribution in [3.8, 4) is 0 Å². The quantitative estimate of drug-likeness (QED) is 0.452. The lowest BCUT2D eigenvalue weighted by atomic mass is 10.0. The summed E-state index contributed by atoms with van der Waals surface area (Å²) in [5.74, 6) is -1.44. The maximum atomic E-state index is 12.0. The summed E-state index contributed by atoms with van der Waals surface area (Å²) >= 11 is 0. The summed E-state index contributed by atoms with van der Waals surface area (Å²) in [6.45, 7) is 7.44. The Morgan fingerprint density at radius 1 is 1.00 bits per heavy atom. The summed E-state index contributed by atoms with van der Waals surface area (Å²) in [7, 11) is 0. The second kappa shape index (κ2) is 10.8. The van der Waals surface area contributed by atoms with Gasteiger partial charge in [0.25, 0.3) is 0 Å². The van der Waals surface area contributed by atoms with Crippen LogP contribution >= 0.6 is 0 Å². The standard InChI is InChI=1S/C16H28N4O5/c1-11(2)15(16(24)18-8-12(3)21)19-13(22)9-17-14(23)10-20-4-6-25-7-5-20/h11,15H,4-10H2,1-3H3,(H,17,23)(H,18,24)(H,19,22)/t15-/m0/s1. The van der Waals surface area contributed by atoms with Gasteiger partial charge in [0.05, 0.1) is 32.8 Å². The molecule has 1 atom stereocenters. The van der Waals surface area contributed by atoms with Crippen molar-refractivity contribution in [3.63, 3.8) is 0 Å². The van der Waals surface area contributed by atoms with Gasteiger partial charge >= 0.3 is 0 Å². The first kappa shape index (κ1) is 21.0. The van der Waals surface area contributed by atoms with Crippen LogP contribution < -0.4 is 16.0 Å². The molecule has 25 heavy (non-hydrogen) atoms. The Labute approximate surface area is 147 Å². The molecule has 1 aliphatic heterocycles. The van der Waals surface area contributed by atoms with Gasteiger partial charge in [0.2, 0.25) is 17.7 Å². The Balaban J connectivity index is 2.37. The molecule has 1 heterocycles. The van der Waals surface area contributed by atoms with Gasteiger partial charge < -0.3 is 20.7 Å². The second-order valence-corrected chi connectivity index (χ2v) is 6.37. The molecule has 0 aromatic rings. The fraction of sp³-hybridized carbons (Fsp3) is 0.750. The predicted molar refractivity (Wildman–Crippen MR) is 90.7 cm³/mol. The number of ether oxygens (including phenoxy) is 1. The zero-order valence-corrected chi connectivity index (χ0v) is 15.1. The third-order valence-electron chi connectivity index (χ3n) is 3.69. The molecule has 0 aromatic carbocycles. The monoisotopic (exact) mass is 356 g/mol. The molecular weight excluding hydrogens is 328 g/mol. The number of carbonyl (C=O) groups is 4. The fourth-order valence-electron chi connectivity index (χ4n) is 2.28. The van der Waals surface area contributed by atoms with Gasteiger partial charge in [-0.05, 0) is 12.8 Å². The van der Waals surface area contributed by atoms with E-state index in [9.17, 15) is 19.2 Å². The third-order valence-corrected chi connectivity index (χ3v) is 3.69. The Hall–Kier alpha value is -2.00. The lowest BCUT2D eigenvalue weighted by Crippen LogP contribution is -2.53. The molecule has 0 aromatic heterocycles. The molecule has 9 nitrogen and oxygen atoms in total. The van der Waals surface area contributed by atoms with Crippen molar-refractivity contribution in [1.82, 2.24) is 20.9 Å². The van der Waals surface area contributed by atoms with Crippen molar-refractivity contribution in [2.45, 2.75) is 26.8 Å². The molecule has 3 N–H and O–H groups in total. The van der Waals surface area contributed by atoms with Gasteiger partial charge in [0, 0.05) is 13.1 Å². The van der Waals surface area contributed by atoms with Gasteiger partial charge in [-0.2, -0.15) is 0 Å². The largest absolute Gasteiger partial charge is 0.379 e. The van der Waals surface area contributed by atoms with E-state index in [0.29, 0.717) is 26.3 Å². The number of nitrogens with one attached hydrogen (secondary N) is 3. The summed E-state index contributed by atoms with van der Waals surface area (Å²) in [4.78, 5) is 48.8. The number of amides is 3. The SMILES string of the molecule is CC(=O)CNC(=O)[C@@H](NC(=O)CNC(=O)CN1CCOCC1)C(C)C. The van der Waals surface area contributed by atoms with E-state index in [4.69, 9.17) is 4.74 Å². The first-order valence-electron chi connectivity index (χ1n) is 8.43. The average molecular weight is 356 g/mol. The van der Waals surface area contributed by atoms with E-state index < -0.39 is 17.9 Å². The molecule has 3 amide bonds. The minimum atomic E-state index is -0.761. The van der Waals surface area contributed by atoms with Crippen LogP contribution in [0.25, 0.3) is 0 Å². The van der Waals surface area contributed by atoms with Crippen molar-refractivity contribution >= 4 is 23.5 Å². The van der Waals surface area contributed by atoms with Crippen molar-refractivity contribution in [3.05, 3.63) is 0 Å². The van der Waals surface area contributed by atoms with Crippen LogP contribution in [-0.2, 0) is 23.9 Å². The second-order valence-electron chi connectivity index (χ2n) is 6.37. The lowest BCUT2D eigenvalue weighted by Gasteiger charge is -2.26. The van der Waals surface area contributed by atoms with Crippen molar-refractivity contribution < 1.29 is 23.9 Å². The molecule has 1 saturated heterocycles. The number of carbonyl (C=O) groups excluding carboxylic acids is 4. The first-order chi connectivity index (χ1) is 11.8. The number of hydrogen-bond donors (Lipinski definition) is 3. The Morgan fingerprint density at radius 2 is 1.64 bits per heavy atom. The van der Waals surface area contributed by atoms with Gasteiger partial charge in [-0.25, -0.2) is 0 Å². The van der Waals surface area contributed by atoms with Gasteiger partial charge in [0.15, 0.2) is 0 Å². The maximum Gasteiger partial charge on any atom is 0.243 e. The molecule has 142 valence electrons. The Morgan fingerprint density at radius 3 is 2.20 bits per heavy atom. The predicted octanol–water partition coefficient (Wildman–Crippen LogP) is -1.72. The van der Waals surface area contributed by atoms with E-state index in [1.807, 2.05) is 4.90 Å². The summed E-state index contributed by atoms with van der Waals surface area (Å²) < 4.78 is 5.21. The van der Waals surface area contributed by atoms with Crippen LogP contribution in [0.15, 0.2) is 0 Å². The molecule has 1 fully saturated rings. The first-order valence-corrected chi connectivity index (χ1v) is 8.43. The highest BCUT2D eigenvalue weighted by Gasteiger charge is 2.24. The molecule has 0 saturated carbocycles. The summed E-state index contributed by atoms with van der Waals surface area (Å²) in [5, 5.41) is 7.61. The highest BCUT2D eigenvalue weighted by molar-refractivity contribution is 5.92. The molecule has 0 aliphatic carbocycles. The van der Waals surface area contributed by atoms with Gasteiger partial charge in [0.1, 0.15) is 11.8 Å². The Bertz CT molecular complexity index is 489. The van der Waals surface area contributed by atoms with E-state index in [-0.39, 0.29) is 37.2 Å². The van der Waals surface area contributed by atoms with Gasteiger partial charge in [-0.3, -0.25) is 24.1 Å². The lowest BCUT2D eigenvalue weighted by molar-refractivity contribution is -0.131. The molecule has 0 spiro atoms. The fourth-order valence-corrected chi connectivity index (χ4v) is 2.28. The highest BCUT2D eigenvalue weighted by Crippen LogP contribution is 2.01. The maximum absolute atomic E-state index is 12.0. The van der Waals surface area contributed by atoms with Crippen LogP contribution in [0.4, 0.5) is 0 Å². The summed E-state index contributed by atoms with van der Waals surface area (Å²) in [6, 6.07) is -0.761. The summed E-state index contributed by atoms with van der Waals surface area (Å²) in [6.07, 6.45) is 0. The molecule has 0 radical (unpaired) electrons. The van der Waals surface area contributed by atoms with E-state index in [2.05, 4.69) is 16.0 Å².